The van der Waals surface area contributed by atoms with E-state index in [2.05, 4.69) is 24.1 Å². The van der Waals surface area contributed by atoms with E-state index in [4.69, 9.17) is 20.4 Å². The zero-order valence-electron chi connectivity index (χ0n) is 18.0. The van der Waals surface area contributed by atoms with E-state index in [1.807, 2.05) is 0 Å². The van der Waals surface area contributed by atoms with Crippen molar-refractivity contribution in [2.45, 2.75) is 45.2 Å². The second-order valence-corrected chi connectivity index (χ2v) is 8.17. The molecular weight excluding hydrogens is 433 g/mol. The molecule has 0 bridgehead atoms. The number of benzene rings is 1. The van der Waals surface area contributed by atoms with Gasteiger partial charge in [0.1, 0.15) is 0 Å². The van der Waals surface area contributed by atoms with E-state index >= 15 is 0 Å². The van der Waals surface area contributed by atoms with Crippen molar-refractivity contribution in [1.29, 1.82) is 0 Å². The predicted molar refractivity (Wildman–Crippen MR) is 110 cm³/mol. The number of aliphatic hydroxyl groups is 2. The predicted octanol–water partition coefficient (Wildman–Crippen LogP) is 1.65. The van der Waals surface area contributed by atoms with Gasteiger partial charge in [0, 0.05) is 19.6 Å². The summed E-state index contributed by atoms with van der Waals surface area (Å²) in [5.41, 5.74) is -0.130. The molecule has 1 aliphatic heterocycles. The molecule has 2 unspecified atom stereocenters. The van der Waals surface area contributed by atoms with Crippen LogP contribution in [0.4, 0.5) is 13.2 Å². The standard InChI is InChI=1S/C17H25F3N2.C4H6O6/c1-13(2)10-22(11-14-7-8-21-9-14)12-15-5-3-4-6-16(15)17(18,19)20;5-1(3(7)8)2(6)4(9)10/h3-6,13-14,21H,7-12H2,1-2H3;1-2,5-6H,(H,7,8)(H,9,10)/t14-;/m1./s1. The van der Waals surface area contributed by atoms with Gasteiger partial charge in [0.25, 0.3) is 0 Å². The molecule has 3 atom stereocenters. The van der Waals surface area contributed by atoms with Crippen LogP contribution in [-0.2, 0) is 22.3 Å². The highest BCUT2D eigenvalue weighted by atomic mass is 19.4. The van der Waals surface area contributed by atoms with Crippen molar-refractivity contribution in [2.24, 2.45) is 11.8 Å². The first kappa shape index (κ1) is 27.8. The van der Waals surface area contributed by atoms with Crippen LogP contribution in [-0.4, -0.2) is 75.7 Å². The highest BCUT2D eigenvalue weighted by molar-refractivity contribution is 5.83. The smallest absolute Gasteiger partial charge is 0.416 e. The molecule has 1 heterocycles. The number of aliphatic carboxylic acids is 2. The Hall–Kier alpha value is -2.21. The molecular formula is C21H31F3N2O6. The summed E-state index contributed by atoms with van der Waals surface area (Å²) >= 11 is 0. The molecule has 32 heavy (non-hydrogen) atoms. The molecule has 1 aromatic carbocycles. The summed E-state index contributed by atoms with van der Waals surface area (Å²) in [6, 6.07) is 5.93. The van der Waals surface area contributed by atoms with E-state index in [1.54, 1.807) is 12.1 Å². The third-order valence-electron chi connectivity index (χ3n) is 4.82. The van der Waals surface area contributed by atoms with Gasteiger partial charge in [-0.15, -0.1) is 0 Å². The molecule has 0 spiro atoms. The number of carboxylic acids is 2. The molecule has 0 saturated carbocycles. The molecule has 1 aromatic rings. The van der Waals surface area contributed by atoms with Crippen LogP contribution in [0.5, 0.6) is 0 Å². The Kier molecular flexibility index (Phi) is 11.1. The van der Waals surface area contributed by atoms with Gasteiger partial charge in [-0.25, -0.2) is 9.59 Å². The Bertz CT molecular complexity index is 720. The van der Waals surface area contributed by atoms with Crippen molar-refractivity contribution in [3.8, 4) is 0 Å². The Morgan fingerprint density at radius 1 is 1.12 bits per heavy atom. The lowest BCUT2D eigenvalue weighted by Gasteiger charge is -2.28. The topological polar surface area (TPSA) is 130 Å². The monoisotopic (exact) mass is 464 g/mol. The van der Waals surface area contributed by atoms with E-state index in [1.165, 1.54) is 12.1 Å². The van der Waals surface area contributed by atoms with E-state index in [9.17, 15) is 22.8 Å². The Morgan fingerprint density at radius 2 is 1.69 bits per heavy atom. The summed E-state index contributed by atoms with van der Waals surface area (Å²) in [5, 5.41) is 35.8. The summed E-state index contributed by atoms with van der Waals surface area (Å²) in [5.74, 6) is -2.56. The molecule has 0 amide bonds. The number of alkyl halides is 3. The van der Waals surface area contributed by atoms with Crippen LogP contribution in [0.3, 0.4) is 0 Å². The van der Waals surface area contributed by atoms with Crippen molar-refractivity contribution in [2.75, 3.05) is 26.2 Å². The highest BCUT2D eigenvalue weighted by Crippen LogP contribution is 2.32. The fourth-order valence-electron chi connectivity index (χ4n) is 3.40. The van der Waals surface area contributed by atoms with Crippen molar-refractivity contribution in [1.82, 2.24) is 10.2 Å². The SMILES string of the molecule is CC(C)CN(Cc1ccccc1C(F)(F)F)C[C@@H]1CCNC1.O=C(O)C(O)C(O)C(=O)O. The van der Waals surface area contributed by atoms with Crippen LogP contribution in [0.15, 0.2) is 24.3 Å². The molecule has 0 aromatic heterocycles. The second kappa shape index (κ2) is 12.7. The number of hydrogen-bond acceptors (Lipinski definition) is 6. The Balaban J connectivity index is 0.000000433. The lowest BCUT2D eigenvalue weighted by Crippen LogP contribution is -2.39. The molecule has 182 valence electrons. The lowest BCUT2D eigenvalue weighted by atomic mass is 10.0. The Labute approximate surface area is 184 Å². The van der Waals surface area contributed by atoms with Crippen molar-refractivity contribution in [3.63, 3.8) is 0 Å². The number of hydrogen-bond donors (Lipinski definition) is 5. The zero-order chi connectivity index (χ0) is 24.5. The molecule has 2 rings (SSSR count). The number of nitrogens with zero attached hydrogens (tertiary/aromatic N) is 1. The van der Waals surface area contributed by atoms with Gasteiger partial charge >= 0.3 is 18.1 Å². The number of carboxylic acid groups (broad SMARTS) is 2. The molecule has 1 fully saturated rings. The minimum atomic E-state index is -4.28. The van der Waals surface area contributed by atoms with Gasteiger partial charge in [-0.1, -0.05) is 32.0 Å². The fraction of sp³-hybridized carbons (Fsp3) is 0.619. The van der Waals surface area contributed by atoms with E-state index in [-0.39, 0.29) is 0 Å². The quantitative estimate of drug-likeness (QED) is 0.373. The zero-order valence-corrected chi connectivity index (χ0v) is 18.0. The first-order valence-corrected chi connectivity index (χ1v) is 10.2. The summed E-state index contributed by atoms with van der Waals surface area (Å²) in [6.07, 6.45) is -7.71. The van der Waals surface area contributed by atoms with Crippen molar-refractivity contribution < 1.29 is 43.2 Å². The minimum Gasteiger partial charge on any atom is -0.479 e. The maximum Gasteiger partial charge on any atom is 0.416 e. The maximum atomic E-state index is 13.1. The first-order chi connectivity index (χ1) is 14.8. The van der Waals surface area contributed by atoms with E-state index in [0.29, 0.717) is 23.9 Å². The number of halogens is 3. The third-order valence-corrected chi connectivity index (χ3v) is 4.82. The van der Waals surface area contributed by atoms with Crippen LogP contribution in [0.25, 0.3) is 0 Å². The first-order valence-electron chi connectivity index (χ1n) is 10.2. The summed E-state index contributed by atoms with van der Waals surface area (Å²) in [7, 11) is 0. The summed E-state index contributed by atoms with van der Waals surface area (Å²) < 4.78 is 39.4. The fourth-order valence-corrected chi connectivity index (χ4v) is 3.40. The maximum absolute atomic E-state index is 13.1. The van der Waals surface area contributed by atoms with Crippen LogP contribution in [0, 0.1) is 11.8 Å². The van der Waals surface area contributed by atoms with Crippen LogP contribution in [0.1, 0.15) is 31.4 Å². The van der Waals surface area contributed by atoms with Crippen LogP contribution >= 0.6 is 0 Å². The van der Waals surface area contributed by atoms with E-state index in [0.717, 1.165) is 32.6 Å². The van der Waals surface area contributed by atoms with Gasteiger partial charge in [0.15, 0.2) is 12.2 Å². The number of aliphatic hydroxyl groups excluding tert-OH is 2. The molecule has 0 aliphatic carbocycles. The average Bonchev–Trinajstić information content (AvgIpc) is 3.19. The number of rotatable bonds is 9. The summed E-state index contributed by atoms with van der Waals surface area (Å²) in [4.78, 5) is 21.7. The molecule has 1 aliphatic rings. The Morgan fingerprint density at radius 3 is 2.12 bits per heavy atom. The van der Waals surface area contributed by atoms with Gasteiger partial charge in [-0.05, 0) is 43.0 Å². The van der Waals surface area contributed by atoms with E-state index < -0.39 is 35.9 Å². The normalized spacial score (nSPS) is 18.2. The minimum absolute atomic E-state index is 0.365. The van der Waals surface area contributed by atoms with Gasteiger partial charge < -0.3 is 25.7 Å². The largest absolute Gasteiger partial charge is 0.479 e. The summed E-state index contributed by atoms with van der Waals surface area (Å²) in [6.45, 7) is 8.24. The lowest BCUT2D eigenvalue weighted by molar-refractivity contribution is -0.165. The van der Waals surface area contributed by atoms with Gasteiger partial charge in [-0.3, -0.25) is 4.90 Å². The van der Waals surface area contributed by atoms with Gasteiger partial charge in [0.2, 0.25) is 0 Å². The van der Waals surface area contributed by atoms with Crippen molar-refractivity contribution >= 4 is 11.9 Å². The van der Waals surface area contributed by atoms with Crippen molar-refractivity contribution in [3.05, 3.63) is 35.4 Å². The number of carbonyl (C=O) groups is 2. The second-order valence-electron chi connectivity index (χ2n) is 8.17. The molecule has 8 nitrogen and oxygen atoms in total. The molecule has 5 N–H and O–H groups in total. The van der Waals surface area contributed by atoms with Gasteiger partial charge in [-0.2, -0.15) is 13.2 Å². The van der Waals surface area contributed by atoms with Crippen LogP contribution < -0.4 is 5.32 Å². The molecule has 11 heteroatoms. The average molecular weight is 464 g/mol. The third kappa shape index (κ3) is 9.51. The van der Waals surface area contributed by atoms with Gasteiger partial charge in [0.05, 0.1) is 5.56 Å². The number of nitrogens with one attached hydrogen (secondary N) is 1. The molecule has 0 radical (unpaired) electrons. The molecule has 1 saturated heterocycles. The highest BCUT2D eigenvalue weighted by Gasteiger charge is 2.33. The van der Waals surface area contributed by atoms with Crippen LogP contribution in [0.2, 0.25) is 0 Å².